The number of carbonyl (C=O) groups is 1. The summed E-state index contributed by atoms with van der Waals surface area (Å²) in [5.41, 5.74) is 2.59. The monoisotopic (exact) mass is 383 g/mol. The fraction of sp³-hybridized carbons (Fsp3) is 0.300. The number of nitrogens with one attached hydrogen (secondary N) is 1. The van der Waals surface area contributed by atoms with Gasteiger partial charge < -0.3 is 10.2 Å². The van der Waals surface area contributed by atoms with E-state index in [2.05, 4.69) is 25.2 Å². The molecule has 1 amide bonds. The van der Waals surface area contributed by atoms with Gasteiger partial charge in [-0.05, 0) is 36.6 Å². The van der Waals surface area contributed by atoms with Crippen molar-refractivity contribution in [2.75, 3.05) is 18.0 Å². The molecule has 0 radical (unpaired) electrons. The number of aromatic nitrogens is 3. The first-order valence-corrected chi connectivity index (χ1v) is 9.13. The quantitative estimate of drug-likeness (QED) is 0.750. The molecular formula is C20H19F2N5O. The maximum absolute atomic E-state index is 13.3. The Morgan fingerprint density at radius 1 is 1.11 bits per heavy atom. The summed E-state index contributed by atoms with van der Waals surface area (Å²) in [5.74, 6) is -1.63. The van der Waals surface area contributed by atoms with Gasteiger partial charge in [-0.2, -0.15) is 0 Å². The van der Waals surface area contributed by atoms with Crippen LogP contribution in [0.4, 0.5) is 14.5 Å². The maximum Gasteiger partial charge on any atom is 0.225 e. The number of pyridine rings is 1. The van der Waals surface area contributed by atoms with Crippen molar-refractivity contribution in [3.8, 4) is 0 Å². The van der Waals surface area contributed by atoms with Gasteiger partial charge in [-0.25, -0.2) is 18.7 Å². The van der Waals surface area contributed by atoms with Crippen LogP contribution in [-0.2, 0) is 11.3 Å². The second-order valence-corrected chi connectivity index (χ2v) is 6.87. The Labute approximate surface area is 160 Å². The molecular weight excluding hydrogens is 364 g/mol. The molecule has 1 aliphatic heterocycles. The van der Waals surface area contributed by atoms with Gasteiger partial charge in [0.2, 0.25) is 5.91 Å². The molecule has 3 aromatic rings. The molecule has 0 saturated carbocycles. The molecule has 4 rings (SSSR count). The van der Waals surface area contributed by atoms with E-state index >= 15 is 0 Å². The van der Waals surface area contributed by atoms with Crippen LogP contribution in [0, 0.1) is 17.6 Å². The summed E-state index contributed by atoms with van der Waals surface area (Å²) in [6, 6.07) is 5.17. The summed E-state index contributed by atoms with van der Waals surface area (Å²) < 4.78 is 26.6. The highest BCUT2D eigenvalue weighted by Crippen LogP contribution is 2.24. The lowest BCUT2D eigenvalue weighted by molar-refractivity contribution is -0.125. The van der Waals surface area contributed by atoms with Crippen LogP contribution < -0.4 is 10.2 Å². The van der Waals surface area contributed by atoms with E-state index in [1.54, 1.807) is 18.6 Å². The third kappa shape index (κ3) is 4.05. The Morgan fingerprint density at radius 3 is 2.71 bits per heavy atom. The minimum absolute atomic E-state index is 0.0944. The molecule has 6 nitrogen and oxygen atoms in total. The first kappa shape index (κ1) is 18.2. The average molecular weight is 383 g/mol. The van der Waals surface area contributed by atoms with Gasteiger partial charge in [-0.15, -0.1) is 0 Å². The van der Waals surface area contributed by atoms with E-state index < -0.39 is 11.6 Å². The van der Waals surface area contributed by atoms with Crippen molar-refractivity contribution in [3.63, 3.8) is 0 Å². The molecule has 0 aliphatic carbocycles. The Balaban J connectivity index is 1.41. The third-order valence-corrected chi connectivity index (χ3v) is 4.86. The maximum atomic E-state index is 13.3. The van der Waals surface area contributed by atoms with E-state index in [-0.39, 0.29) is 18.4 Å². The Morgan fingerprint density at radius 2 is 1.89 bits per heavy atom. The van der Waals surface area contributed by atoms with E-state index in [9.17, 15) is 13.6 Å². The standard InChI is InChI=1S/C20H19F2N5O/c21-15-6-13(7-16(22)8-15)10-26-20(28)14-2-1-5-27(12-14)17-9-18-19(25-11-17)24-4-3-23-18/h3-4,6-9,11,14H,1-2,5,10,12H2,(H,26,28). The number of hydrogen-bond acceptors (Lipinski definition) is 5. The van der Waals surface area contributed by atoms with Crippen LogP contribution in [0.2, 0.25) is 0 Å². The normalized spacial score (nSPS) is 16.9. The van der Waals surface area contributed by atoms with Crippen molar-refractivity contribution >= 4 is 22.8 Å². The van der Waals surface area contributed by atoms with Gasteiger partial charge in [0.15, 0.2) is 5.65 Å². The number of carbonyl (C=O) groups excluding carboxylic acids is 1. The molecule has 1 N–H and O–H groups in total. The summed E-state index contributed by atoms with van der Waals surface area (Å²) in [4.78, 5) is 27.4. The van der Waals surface area contributed by atoms with Crippen molar-refractivity contribution in [2.24, 2.45) is 5.92 Å². The number of rotatable bonds is 4. The predicted molar refractivity (Wildman–Crippen MR) is 100 cm³/mol. The van der Waals surface area contributed by atoms with Crippen molar-refractivity contribution < 1.29 is 13.6 Å². The van der Waals surface area contributed by atoms with Gasteiger partial charge in [-0.1, -0.05) is 0 Å². The van der Waals surface area contributed by atoms with Crippen molar-refractivity contribution in [1.82, 2.24) is 20.3 Å². The summed E-state index contributed by atoms with van der Waals surface area (Å²) in [6.07, 6.45) is 6.59. The smallest absolute Gasteiger partial charge is 0.225 e. The molecule has 1 saturated heterocycles. The molecule has 1 aromatic carbocycles. The zero-order valence-electron chi connectivity index (χ0n) is 15.1. The van der Waals surface area contributed by atoms with Crippen LogP contribution in [0.15, 0.2) is 42.9 Å². The number of halogens is 2. The van der Waals surface area contributed by atoms with E-state index in [0.717, 1.165) is 31.1 Å². The summed E-state index contributed by atoms with van der Waals surface area (Å²) in [6.45, 7) is 1.47. The Bertz CT molecular complexity index is 993. The zero-order chi connectivity index (χ0) is 19.5. The van der Waals surface area contributed by atoms with E-state index in [1.807, 2.05) is 6.07 Å². The van der Waals surface area contributed by atoms with Gasteiger partial charge in [0, 0.05) is 38.1 Å². The lowest BCUT2D eigenvalue weighted by Gasteiger charge is -2.33. The molecule has 2 aromatic heterocycles. The number of amides is 1. The summed E-state index contributed by atoms with van der Waals surface area (Å²) >= 11 is 0. The van der Waals surface area contributed by atoms with E-state index in [0.29, 0.717) is 23.3 Å². The molecule has 0 bridgehead atoms. The largest absolute Gasteiger partial charge is 0.369 e. The molecule has 28 heavy (non-hydrogen) atoms. The van der Waals surface area contributed by atoms with Gasteiger partial charge in [0.25, 0.3) is 0 Å². The Kier molecular flexibility index (Phi) is 5.10. The topological polar surface area (TPSA) is 71.0 Å². The fourth-order valence-corrected chi connectivity index (χ4v) is 3.49. The third-order valence-electron chi connectivity index (χ3n) is 4.86. The molecule has 1 atom stereocenters. The second kappa shape index (κ2) is 7.84. The number of fused-ring (bicyclic) bond motifs is 1. The number of nitrogens with zero attached hydrogens (tertiary/aromatic N) is 4. The molecule has 0 spiro atoms. The van der Waals surface area contributed by atoms with Gasteiger partial charge >= 0.3 is 0 Å². The van der Waals surface area contributed by atoms with Crippen LogP contribution >= 0.6 is 0 Å². The van der Waals surface area contributed by atoms with Crippen molar-refractivity contribution in [2.45, 2.75) is 19.4 Å². The second-order valence-electron chi connectivity index (χ2n) is 6.87. The van der Waals surface area contributed by atoms with Gasteiger partial charge in [0.1, 0.15) is 17.2 Å². The SMILES string of the molecule is O=C(NCc1cc(F)cc(F)c1)C1CCCN(c2cnc3nccnc3c2)C1. The molecule has 3 heterocycles. The van der Waals surface area contributed by atoms with Crippen LogP contribution in [0.1, 0.15) is 18.4 Å². The first-order chi connectivity index (χ1) is 13.6. The minimum atomic E-state index is -0.653. The van der Waals surface area contributed by atoms with Crippen molar-refractivity contribution in [1.29, 1.82) is 0 Å². The first-order valence-electron chi connectivity index (χ1n) is 9.13. The van der Waals surface area contributed by atoms with Crippen LogP contribution in [0.25, 0.3) is 11.2 Å². The van der Waals surface area contributed by atoms with Gasteiger partial charge in [-0.3, -0.25) is 9.78 Å². The molecule has 1 fully saturated rings. The van der Waals surface area contributed by atoms with Gasteiger partial charge in [0.05, 0.1) is 17.8 Å². The molecule has 8 heteroatoms. The minimum Gasteiger partial charge on any atom is -0.369 e. The highest BCUT2D eigenvalue weighted by molar-refractivity contribution is 5.80. The number of anilines is 1. The highest BCUT2D eigenvalue weighted by Gasteiger charge is 2.26. The lowest BCUT2D eigenvalue weighted by atomic mass is 9.96. The number of piperidine rings is 1. The van der Waals surface area contributed by atoms with Crippen LogP contribution in [0.5, 0.6) is 0 Å². The van der Waals surface area contributed by atoms with E-state index in [1.165, 1.54) is 12.1 Å². The van der Waals surface area contributed by atoms with Crippen LogP contribution in [-0.4, -0.2) is 33.9 Å². The molecule has 144 valence electrons. The zero-order valence-corrected chi connectivity index (χ0v) is 15.1. The highest BCUT2D eigenvalue weighted by atomic mass is 19.1. The van der Waals surface area contributed by atoms with E-state index in [4.69, 9.17) is 0 Å². The number of benzene rings is 1. The average Bonchev–Trinajstić information content (AvgIpc) is 2.71. The summed E-state index contributed by atoms with van der Waals surface area (Å²) in [7, 11) is 0. The van der Waals surface area contributed by atoms with Crippen molar-refractivity contribution in [3.05, 3.63) is 60.1 Å². The predicted octanol–water partition coefficient (Wildman–Crippen LogP) is 2.84. The van der Waals surface area contributed by atoms with Crippen LogP contribution in [0.3, 0.4) is 0 Å². The summed E-state index contributed by atoms with van der Waals surface area (Å²) in [5, 5.41) is 2.79. The molecule has 1 unspecified atom stereocenters. The molecule has 1 aliphatic rings. The lowest BCUT2D eigenvalue weighted by Crippen LogP contribution is -2.43. The fourth-order valence-electron chi connectivity index (χ4n) is 3.49. The Hall–Kier alpha value is -3.16. The number of hydrogen-bond donors (Lipinski definition) is 1.